The fraction of sp³-hybridized carbons (Fsp3) is 0.333. The third kappa shape index (κ3) is 2.69. The Morgan fingerprint density at radius 2 is 2.64 bits per heavy atom. The van der Waals surface area contributed by atoms with Gasteiger partial charge < -0.3 is 10.5 Å². The average Bonchev–Trinajstić information content (AvgIpc) is 2.35. The highest BCUT2D eigenvalue weighted by molar-refractivity contribution is 9.10. The van der Waals surface area contributed by atoms with Gasteiger partial charge in [-0.05, 0) is 15.9 Å². The second-order valence-electron chi connectivity index (χ2n) is 2.07. The molecule has 60 valence electrons. The van der Waals surface area contributed by atoms with Crippen molar-refractivity contribution in [2.75, 3.05) is 0 Å². The summed E-state index contributed by atoms with van der Waals surface area (Å²) in [5.74, 6) is 0. The second-order valence-corrected chi connectivity index (χ2v) is 3.82. The number of rotatable bonds is 3. The molecule has 1 aromatic heterocycles. The Labute approximate surface area is 76.8 Å². The van der Waals surface area contributed by atoms with Crippen LogP contribution in [0, 0.1) is 0 Å². The average molecular weight is 235 g/mol. The van der Waals surface area contributed by atoms with Gasteiger partial charge in [0.1, 0.15) is 10.9 Å². The molecule has 5 heteroatoms. The smallest absolute Gasteiger partial charge is 0.137 e. The van der Waals surface area contributed by atoms with Gasteiger partial charge in [0.25, 0.3) is 0 Å². The van der Waals surface area contributed by atoms with Crippen LogP contribution in [0.3, 0.4) is 0 Å². The number of carbonyl (C=O) groups excluding carboxylic acids is 1. The summed E-state index contributed by atoms with van der Waals surface area (Å²) in [4.78, 5) is 14.3. The van der Waals surface area contributed by atoms with E-state index in [1.807, 2.05) is 5.38 Å². The molecule has 0 saturated carbocycles. The third-order valence-electron chi connectivity index (χ3n) is 1.11. The fourth-order valence-corrected chi connectivity index (χ4v) is 1.97. The monoisotopic (exact) mass is 234 g/mol. The SMILES string of the molecule is NC(C=O)Cc1nc(Br)cs1. The Morgan fingerprint density at radius 1 is 1.91 bits per heavy atom. The summed E-state index contributed by atoms with van der Waals surface area (Å²) in [5, 5.41) is 2.75. The number of carbonyl (C=O) groups is 1. The van der Waals surface area contributed by atoms with Crippen molar-refractivity contribution in [3.8, 4) is 0 Å². The minimum atomic E-state index is -0.423. The molecule has 0 radical (unpaired) electrons. The van der Waals surface area contributed by atoms with Gasteiger partial charge in [0.15, 0.2) is 0 Å². The van der Waals surface area contributed by atoms with Crippen LogP contribution in [0.15, 0.2) is 9.98 Å². The molecular weight excluding hydrogens is 228 g/mol. The Kier molecular flexibility index (Phi) is 3.16. The highest BCUT2D eigenvalue weighted by Crippen LogP contribution is 2.15. The van der Waals surface area contributed by atoms with Crippen molar-refractivity contribution >= 4 is 33.6 Å². The number of aldehydes is 1. The molecule has 1 unspecified atom stereocenters. The molecule has 0 amide bonds. The van der Waals surface area contributed by atoms with Crippen LogP contribution in [0.4, 0.5) is 0 Å². The molecule has 0 aliphatic carbocycles. The van der Waals surface area contributed by atoms with E-state index in [0.717, 1.165) is 15.9 Å². The normalized spacial score (nSPS) is 12.9. The lowest BCUT2D eigenvalue weighted by Crippen LogP contribution is -2.23. The summed E-state index contributed by atoms with van der Waals surface area (Å²) in [7, 11) is 0. The summed E-state index contributed by atoms with van der Waals surface area (Å²) < 4.78 is 0.801. The van der Waals surface area contributed by atoms with Crippen LogP contribution in [0.1, 0.15) is 5.01 Å². The number of hydrogen-bond donors (Lipinski definition) is 1. The summed E-state index contributed by atoms with van der Waals surface area (Å²) in [6, 6.07) is -0.423. The van der Waals surface area contributed by atoms with E-state index < -0.39 is 6.04 Å². The van der Waals surface area contributed by atoms with Gasteiger partial charge in [-0.25, -0.2) is 4.98 Å². The first-order valence-electron chi connectivity index (χ1n) is 3.03. The first-order chi connectivity index (χ1) is 5.22. The summed E-state index contributed by atoms with van der Waals surface area (Å²) in [6.45, 7) is 0. The zero-order valence-corrected chi connectivity index (χ0v) is 8.06. The van der Waals surface area contributed by atoms with Crippen LogP contribution in [-0.4, -0.2) is 17.3 Å². The van der Waals surface area contributed by atoms with Gasteiger partial charge in [0.05, 0.1) is 11.0 Å². The number of nitrogens with two attached hydrogens (primary N) is 1. The molecule has 1 rings (SSSR count). The number of thiazole rings is 1. The van der Waals surface area contributed by atoms with Crippen LogP contribution in [0.5, 0.6) is 0 Å². The minimum Gasteiger partial charge on any atom is -0.321 e. The fourth-order valence-electron chi connectivity index (χ4n) is 0.632. The van der Waals surface area contributed by atoms with Crippen LogP contribution in [-0.2, 0) is 11.2 Å². The molecule has 1 atom stereocenters. The third-order valence-corrected chi connectivity index (χ3v) is 2.69. The van der Waals surface area contributed by atoms with Gasteiger partial charge in [0, 0.05) is 11.8 Å². The van der Waals surface area contributed by atoms with Gasteiger partial charge in [0.2, 0.25) is 0 Å². The van der Waals surface area contributed by atoms with Crippen molar-refractivity contribution in [3.63, 3.8) is 0 Å². The number of hydrogen-bond acceptors (Lipinski definition) is 4. The zero-order valence-electron chi connectivity index (χ0n) is 5.66. The van der Waals surface area contributed by atoms with E-state index in [1.165, 1.54) is 11.3 Å². The lowest BCUT2D eigenvalue weighted by atomic mass is 10.2. The standard InChI is InChI=1S/C6H7BrN2OS/c7-5-3-11-6(9-5)1-4(8)2-10/h2-4H,1,8H2. The molecule has 0 bridgehead atoms. The van der Waals surface area contributed by atoms with Crippen LogP contribution in [0.2, 0.25) is 0 Å². The zero-order chi connectivity index (χ0) is 8.27. The molecule has 2 N–H and O–H groups in total. The maximum Gasteiger partial charge on any atom is 0.137 e. The van der Waals surface area contributed by atoms with E-state index >= 15 is 0 Å². The number of halogens is 1. The van der Waals surface area contributed by atoms with Crippen LogP contribution < -0.4 is 5.73 Å². The van der Waals surface area contributed by atoms with Crippen molar-refractivity contribution in [1.82, 2.24) is 4.98 Å². The van der Waals surface area contributed by atoms with Crippen LogP contribution >= 0.6 is 27.3 Å². The van der Waals surface area contributed by atoms with Crippen molar-refractivity contribution in [3.05, 3.63) is 15.0 Å². The van der Waals surface area contributed by atoms with Gasteiger partial charge in [-0.2, -0.15) is 0 Å². The Balaban J connectivity index is 2.57. The number of nitrogens with zero attached hydrogens (tertiary/aromatic N) is 1. The summed E-state index contributed by atoms with van der Waals surface area (Å²) in [5.41, 5.74) is 5.40. The van der Waals surface area contributed by atoms with Crippen molar-refractivity contribution < 1.29 is 4.79 Å². The van der Waals surface area contributed by atoms with E-state index in [1.54, 1.807) is 0 Å². The molecule has 11 heavy (non-hydrogen) atoms. The number of aromatic nitrogens is 1. The topological polar surface area (TPSA) is 56.0 Å². The maximum atomic E-state index is 10.2. The molecular formula is C6H7BrN2OS. The molecule has 0 spiro atoms. The molecule has 0 fully saturated rings. The molecule has 1 heterocycles. The quantitative estimate of drug-likeness (QED) is 0.794. The molecule has 0 saturated heterocycles. The largest absolute Gasteiger partial charge is 0.321 e. The summed E-state index contributed by atoms with van der Waals surface area (Å²) >= 11 is 4.71. The van der Waals surface area contributed by atoms with Crippen molar-refractivity contribution in [1.29, 1.82) is 0 Å². The molecule has 0 aliphatic heterocycles. The van der Waals surface area contributed by atoms with E-state index in [9.17, 15) is 4.79 Å². The van der Waals surface area contributed by atoms with Gasteiger partial charge in [-0.15, -0.1) is 11.3 Å². The minimum absolute atomic E-state index is 0.423. The molecule has 3 nitrogen and oxygen atoms in total. The first kappa shape index (κ1) is 8.83. The Hall–Kier alpha value is -0.260. The predicted octanol–water partition coefficient (Wildman–Crippen LogP) is 0.974. The van der Waals surface area contributed by atoms with Gasteiger partial charge in [-0.3, -0.25) is 0 Å². The lowest BCUT2D eigenvalue weighted by Gasteiger charge is -1.97. The highest BCUT2D eigenvalue weighted by atomic mass is 79.9. The van der Waals surface area contributed by atoms with Crippen molar-refractivity contribution in [2.24, 2.45) is 5.73 Å². The molecule has 1 aromatic rings. The molecule has 0 aliphatic rings. The first-order valence-corrected chi connectivity index (χ1v) is 4.70. The second kappa shape index (κ2) is 3.94. The Morgan fingerprint density at radius 3 is 3.09 bits per heavy atom. The Bertz CT molecular complexity index is 250. The molecule has 0 aromatic carbocycles. The van der Waals surface area contributed by atoms with E-state index in [-0.39, 0.29) is 0 Å². The van der Waals surface area contributed by atoms with E-state index in [0.29, 0.717) is 6.42 Å². The predicted molar refractivity (Wildman–Crippen MR) is 47.6 cm³/mol. The lowest BCUT2D eigenvalue weighted by molar-refractivity contribution is -0.108. The summed E-state index contributed by atoms with van der Waals surface area (Å²) in [6.07, 6.45) is 1.26. The van der Waals surface area contributed by atoms with Gasteiger partial charge in [-0.1, -0.05) is 0 Å². The highest BCUT2D eigenvalue weighted by Gasteiger charge is 2.04. The van der Waals surface area contributed by atoms with E-state index in [4.69, 9.17) is 5.73 Å². The van der Waals surface area contributed by atoms with Crippen LogP contribution in [0.25, 0.3) is 0 Å². The van der Waals surface area contributed by atoms with Crippen molar-refractivity contribution in [2.45, 2.75) is 12.5 Å². The van der Waals surface area contributed by atoms with E-state index in [2.05, 4.69) is 20.9 Å². The maximum absolute atomic E-state index is 10.2. The van der Waals surface area contributed by atoms with Gasteiger partial charge >= 0.3 is 0 Å².